The molecule has 41 heavy (non-hydrogen) atoms. The number of urea groups is 1. The molecule has 1 aliphatic heterocycles. The molecule has 2 N–H and O–H groups in total. The average Bonchev–Trinajstić information content (AvgIpc) is 3.32. The van der Waals surface area contributed by atoms with Crippen molar-refractivity contribution >= 4 is 47.1 Å². The zero-order chi connectivity index (χ0) is 29.0. The minimum absolute atomic E-state index is 0. The summed E-state index contributed by atoms with van der Waals surface area (Å²) in [7, 11) is -2.96. The molecule has 0 radical (unpaired) electrons. The minimum Gasteiger partial charge on any atom is -0.475 e. The Morgan fingerprint density at radius 1 is 1.12 bits per heavy atom. The maximum atomic E-state index is 13.9. The number of likely N-dealkylation sites (N-methyl/N-ethyl adjacent to an activating group) is 1. The number of halogens is 2. The van der Waals surface area contributed by atoms with Crippen LogP contribution in [0, 0.1) is 11.6 Å². The van der Waals surface area contributed by atoms with Gasteiger partial charge in [-0.1, -0.05) is 6.07 Å². The number of fused-ring (bicyclic) bond motifs is 1. The minimum atomic E-state index is -4.38. The number of anilines is 2. The van der Waals surface area contributed by atoms with E-state index < -0.39 is 39.8 Å². The second-order valence-corrected chi connectivity index (χ2v) is 10.9. The highest BCUT2D eigenvalue weighted by Gasteiger charge is 2.33. The van der Waals surface area contributed by atoms with E-state index in [-0.39, 0.29) is 43.9 Å². The van der Waals surface area contributed by atoms with Gasteiger partial charge in [-0.05, 0) is 55.7 Å². The first-order valence-corrected chi connectivity index (χ1v) is 13.8. The molecule has 0 bridgehead atoms. The molecule has 4 rings (SSSR count). The Morgan fingerprint density at radius 2 is 1.83 bits per heavy atom. The maximum Gasteiger partial charge on any atom is 0.330 e. The molecule has 0 unspecified atom stereocenters. The third-order valence-corrected chi connectivity index (χ3v) is 7.34. The van der Waals surface area contributed by atoms with Crippen LogP contribution in [0.4, 0.5) is 25.1 Å². The predicted molar refractivity (Wildman–Crippen MR) is 154 cm³/mol. The molecule has 1 aromatic carbocycles. The van der Waals surface area contributed by atoms with Crippen LogP contribution in [0.2, 0.25) is 0 Å². The van der Waals surface area contributed by atoms with Gasteiger partial charge >= 0.3 is 16.2 Å². The summed E-state index contributed by atoms with van der Waals surface area (Å²) in [6.07, 6.45) is 2.79. The smallest absolute Gasteiger partial charge is 0.330 e. The van der Waals surface area contributed by atoms with E-state index in [1.165, 1.54) is 24.3 Å². The summed E-state index contributed by atoms with van der Waals surface area (Å²) in [6.45, 7) is 3.74. The van der Waals surface area contributed by atoms with Gasteiger partial charge in [0.15, 0.2) is 0 Å². The third-order valence-electron chi connectivity index (χ3n) is 5.96. The number of benzene rings is 1. The summed E-state index contributed by atoms with van der Waals surface area (Å²) in [6, 6.07) is 6.65. The average molecular weight is 609 g/mol. The first kappa shape index (κ1) is 31.5. The number of amides is 3. The molecule has 0 saturated carbocycles. The molecule has 1 atom stereocenters. The number of hydrogen-bond acceptors (Lipinski definition) is 7. The van der Waals surface area contributed by atoms with Crippen molar-refractivity contribution in [2.45, 2.75) is 38.8 Å². The normalized spacial score (nSPS) is 13.2. The van der Waals surface area contributed by atoms with E-state index in [1.54, 1.807) is 24.3 Å². The molecule has 0 fully saturated rings. The van der Waals surface area contributed by atoms with Gasteiger partial charge in [0.05, 0.1) is 18.0 Å². The van der Waals surface area contributed by atoms with Crippen molar-refractivity contribution in [3.8, 4) is 5.88 Å². The van der Waals surface area contributed by atoms with Crippen LogP contribution < -0.4 is 24.0 Å². The third kappa shape index (κ3) is 7.82. The molecule has 3 amide bonds. The van der Waals surface area contributed by atoms with Crippen LogP contribution in [0.1, 0.15) is 25.0 Å². The van der Waals surface area contributed by atoms with Crippen LogP contribution in [-0.4, -0.2) is 56.1 Å². The van der Waals surface area contributed by atoms with E-state index in [0.717, 1.165) is 16.4 Å². The van der Waals surface area contributed by atoms with Gasteiger partial charge in [-0.2, -0.15) is 21.9 Å². The number of aromatic nitrogens is 2. The van der Waals surface area contributed by atoms with Crippen molar-refractivity contribution in [2.75, 3.05) is 22.8 Å². The van der Waals surface area contributed by atoms with Crippen molar-refractivity contribution in [1.29, 1.82) is 0 Å². The topological polar surface area (TPSA) is 134 Å². The second kappa shape index (κ2) is 13.1. The van der Waals surface area contributed by atoms with E-state index in [9.17, 15) is 26.8 Å². The molecule has 0 aliphatic carbocycles. The standard InChI is InChI=1S/C26H28F2N6O5S.H2S/c1-16(2)39-23-7-6-21(15-30-23)33(3)25(35)22(13-17-11-19(27)14-20(28)12-17)31-26(36)32-40(37,38)34-10-8-18-5-4-9-29-24(18)34;/h4-7,9,11-12,14-16,22H,8,10,13H2,1-3H3,(H2,31,32,36);1H2/t22-;/m0./s1. The highest BCUT2D eigenvalue weighted by Crippen LogP contribution is 2.26. The molecule has 11 nitrogen and oxygen atoms in total. The lowest BCUT2D eigenvalue weighted by molar-refractivity contribution is -0.120. The number of ether oxygens (including phenoxy) is 1. The van der Waals surface area contributed by atoms with Gasteiger partial charge < -0.3 is 15.0 Å². The Kier molecular flexibility index (Phi) is 10.1. The first-order chi connectivity index (χ1) is 18.9. The van der Waals surface area contributed by atoms with Crippen LogP contribution in [0.5, 0.6) is 5.88 Å². The SMILES string of the molecule is CC(C)Oc1ccc(N(C)C(=O)[C@H](Cc2cc(F)cc(F)c2)NC(=O)NS(=O)(=O)N2CCc3cccnc32)cn1.S. The Bertz CT molecular complexity index is 1490. The monoisotopic (exact) mass is 608 g/mol. The molecule has 15 heteroatoms. The van der Waals surface area contributed by atoms with E-state index in [0.29, 0.717) is 29.6 Å². The van der Waals surface area contributed by atoms with Gasteiger partial charge in [0.1, 0.15) is 23.5 Å². The quantitative estimate of drug-likeness (QED) is 0.382. The molecule has 3 heterocycles. The largest absolute Gasteiger partial charge is 0.475 e. The molecular formula is C26H30F2N6O5S2. The lowest BCUT2D eigenvalue weighted by Gasteiger charge is -2.25. The Labute approximate surface area is 243 Å². The zero-order valence-corrected chi connectivity index (χ0v) is 24.3. The summed E-state index contributed by atoms with van der Waals surface area (Å²) in [5, 5.41) is 2.34. The summed E-state index contributed by atoms with van der Waals surface area (Å²) in [4.78, 5) is 35.8. The molecule has 2 aromatic heterocycles. The number of nitrogens with zero attached hydrogens (tertiary/aromatic N) is 4. The summed E-state index contributed by atoms with van der Waals surface area (Å²) in [5.41, 5.74) is 1.12. The molecule has 0 spiro atoms. The Balaban J connectivity index is 0.00000462. The van der Waals surface area contributed by atoms with Crippen LogP contribution in [0.3, 0.4) is 0 Å². The van der Waals surface area contributed by atoms with Gasteiger partial charge in [0.25, 0.3) is 0 Å². The fourth-order valence-electron chi connectivity index (χ4n) is 4.18. The highest BCUT2D eigenvalue weighted by molar-refractivity contribution is 7.91. The van der Waals surface area contributed by atoms with Crippen molar-refractivity contribution in [3.05, 3.63) is 77.6 Å². The molecule has 220 valence electrons. The molecule has 1 aliphatic rings. The molecular weight excluding hydrogens is 578 g/mol. The van der Waals surface area contributed by atoms with Crippen molar-refractivity contribution < 1.29 is 31.5 Å². The summed E-state index contributed by atoms with van der Waals surface area (Å²) < 4.78 is 62.0. The van der Waals surface area contributed by atoms with E-state index >= 15 is 0 Å². The number of pyridine rings is 2. The summed E-state index contributed by atoms with van der Waals surface area (Å²) in [5.74, 6) is -1.89. The molecule has 3 aromatic rings. The Morgan fingerprint density at radius 3 is 2.46 bits per heavy atom. The van der Waals surface area contributed by atoms with E-state index in [2.05, 4.69) is 15.3 Å². The lowest BCUT2D eigenvalue weighted by Crippen LogP contribution is -2.54. The zero-order valence-electron chi connectivity index (χ0n) is 22.5. The predicted octanol–water partition coefficient (Wildman–Crippen LogP) is 2.84. The van der Waals surface area contributed by atoms with Gasteiger partial charge in [-0.3, -0.25) is 4.79 Å². The number of nitrogens with one attached hydrogen (secondary N) is 2. The number of carbonyl (C=O) groups is 2. The van der Waals surface area contributed by atoms with E-state index in [4.69, 9.17) is 4.74 Å². The van der Waals surface area contributed by atoms with Crippen molar-refractivity contribution in [3.63, 3.8) is 0 Å². The first-order valence-electron chi connectivity index (χ1n) is 12.3. The maximum absolute atomic E-state index is 13.9. The van der Waals surface area contributed by atoms with Crippen molar-refractivity contribution in [1.82, 2.24) is 20.0 Å². The van der Waals surface area contributed by atoms with Crippen LogP contribution in [-0.2, 0) is 27.8 Å². The van der Waals surface area contributed by atoms with Crippen LogP contribution in [0.15, 0.2) is 54.9 Å². The van der Waals surface area contributed by atoms with Gasteiger partial charge in [0.2, 0.25) is 11.8 Å². The van der Waals surface area contributed by atoms with Gasteiger partial charge in [0, 0.05) is 38.3 Å². The Hall–Kier alpha value is -3.98. The second-order valence-electron chi connectivity index (χ2n) is 9.34. The molecule has 0 saturated heterocycles. The fourth-order valence-corrected chi connectivity index (χ4v) is 5.31. The van der Waals surface area contributed by atoms with E-state index in [1.807, 2.05) is 18.6 Å². The van der Waals surface area contributed by atoms with Crippen molar-refractivity contribution in [2.24, 2.45) is 0 Å². The van der Waals surface area contributed by atoms with Gasteiger partial charge in [-0.25, -0.2) is 32.6 Å². The summed E-state index contributed by atoms with van der Waals surface area (Å²) >= 11 is 0. The number of hydrogen-bond donors (Lipinski definition) is 2. The van der Waals surface area contributed by atoms with Crippen LogP contribution in [0.25, 0.3) is 0 Å². The number of carbonyl (C=O) groups excluding carboxylic acids is 2. The lowest BCUT2D eigenvalue weighted by atomic mass is 10.0. The van der Waals surface area contributed by atoms with Crippen LogP contribution >= 0.6 is 13.5 Å². The number of rotatable bonds is 9. The van der Waals surface area contributed by atoms with Gasteiger partial charge in [-0.15, -0.1) is 0 Å². The fraction of sp³-hybridized carbons (Fsp3) is 0.308. The highest BCUT2D eigenvalue weighted by atomic mass is 32.2.